The van der Waals surface area contributed by atoms with Gasteiger partial charge in [0.15, 0.2) is 0 Å². The number of hydrogen-bond donors (Lipinski definition) is 2. The van der Waals surface area contributed by atoms with Crippen molar-refractivity contribution in [1.29, 1.82) is 0 Å². The molecule has 76 valence electrons. The molecule has 0 bridgehead atoms. The van der Waals surface area contributed by atoms with Gasteiger partial charge in [-0.3, -0.25) is 0 Å². The second-order valence-corrected chi connectivity index (χ2v) is 4.38. The topological polar surface area (TPSA) is 32.3 Å². The summed E-state index contributed by atoms with van der Waals surface area (Å²) in [5, 5.41) is 13.8. The van der Waals surface area contributed by atoms with Crippen LogP contribution in [-0.2, 0) is 0 Å². The molecule has 1 aromatic rings. The van der Waals surface area contributed by atoms with E-state index in [-0.39, 0.29) is 0 Å². The molecule has 2 rings (SSSR count). The van der Waals surface area contributed by atoms with E-state index in [4.69, 9.17) is 11.6 Å². The van der Waals surface area contributed by atoms with E-state index in [0.717, 1.165) is 30.0 Å². The lowest BCUT2D eigenvalue weighted by atomic mass is 9.80. The zero-order valence-corrected chi connectivity index (χ0v) is 8.72. The van der Waals surface area contributed by atoms with Crippen LogP contribution in [0.2, 0.25) is 5.02 Å². The van der Waals surface area contributed by atoms with Gasteiger partial charge in [-0.15, -0.1) is 0 Å². The van der Waals surface area contributed by atoms with Crippen molar-refractivity contribution in [2.75, 3.05) is 11.9 Å². The molecule has 3 heteroatoms. The predicted molar refractivity (Wildman–Crippen MR) is 58.7 cm³/mol. The van der Waals surface area contributed by atoms with Crippen LogP contribution >= 0.6 is 11.6 Å². The third-order valence-electron chi connectivity index (χ3n) is 2.73. The summed E-state index contributed by atoms with van der Waals surface area (Å²) in [6, 6.07) is 7.55. The minimum Gasteiger partial charge on any atom is -0.388 e. The number of nitrogens with one attached hydrogen (secondary N) is 1. The van der Waals surface area contributed by atoms with Gasteiger partial charge in [0.1, 0.15) is 0 Å². The van der Waals surface area contributed by atoms with Gasteiger partial charge < -0.3 is 10.4 Å². The van der Waals surface area contributed by atoms with Gasteiger partial charge in [-0.2, -0.15) is 0 Å². The lowest BCUT2D eigenvalue weighted by molar-refractivity contribution is -0.0201. The first kappa shape index (κ1) is 9.81. The quantitative estimate of drug-likeness (QED) is 0.806. The van der Waals surface area contributed by atoms with Gasteiger partial charge >= 0.3 is 0 Å². The second kappa shape index (κ2) is 3.79. The Labute approximate surface area is 88.9 Å². The Morgan fingerprint density at radius 3 is 2.79 bits per heavy atom. The average molecular weight is 212 g/mol. The van der Waals surface area contributed by atoms with Crippen LogP contribution in [0.3, 0.4) is 0 Å². The molecule has 0 spiro atoms. The summed E-state index contributed by atoms with van der Waals surface area (Å²) >= 11 is 5.84. The van der Waals surface area contributed by atoms with Crippen molar-refractivity contribution < 1.29 is 5.11 Å². The molecule has 14 heavy (non-hydrogen) atoms. The van der Waals surface area contributed by atoms with E-state index in [9.17, 15) is 5.11 Å². The lowest BCUT2D eigenvalue weighted by Crippen LogP contribution is -2.43. The molecule has 0 amide bonds. The van der Waals surface area contributed by atoms with Crippen molar-refractivity contribution in [1.82, 2.24) is 0 Å². The van der Waals surface area contributed by atoms with E-state index in [2.05, 4.69) is 5.32 Å². The monoisotopic (exact) mass is 211 g/mol. The molecule has 1 fully saturated rings. The van der Waals surface area contributed by atoms with Gasteiger partial charge in [0.25, 0.3) is 0 Å². The van der Waals surface area contributed by atoms with Crippen LogP contribution in [0.5, 0.6) is 0 Å². The van der Waals surface area contributed by atoms with Crippen molar-refractivity contribution in [3.05, 3.63) is 29.3 Å². The molecular formula is C11H14ClNO. The number of halogens is 1. The van der Waals surface area contributed by atoms with Crippen LogP contribution in [-0.4, -0.2) is 17.3 Å². The Hall–Kier alpha value is -0.730. The summed E-state index contributed by atoms with van der Waals surface area (Å²) in [4.78, 5) is 0. The number of aliphatic hydroxyl groups is 1. The summed E-state index contributed by atoms with van der Waals surface area (Å²) < 4.78 is 0. The molecule has 1 aliphatic carbocycles. The van der Waals surface area contributed by atoms with E-state index < -0.39 is 5.60 Å². The Morgan fingerprint density at radius 2 is 2.21 bits per heavy atom. The average Bonchev–Trinajstić information content (AvgIpc) is 2.12. The molecule has 0 heterocycles. The Morgan fingerprint density at radius 1 is 1.43 bits per heavy atom. The SMILES string of the molecule is OC1(CNc2cccc(Cl)c2)CCC1. The van der Waals surface area contributed by atoms with Crippen LogP contribution in [0.1, 0.15) is 19.3 Å². The second-order valence-electron chi connectivity index (χ2n) is 3.94. The zero-order chi connectivity index (χ0) is 10.0. The summed E-state index contributed by atoms with van der Waals surface area (Å²) in [5.74, 6) is 0. The van der Waals surface area contributed by atoms with Gasteiger partial charge in [0.05, 0.1) is 5.60 Å². The first-order valence-electron chi connectivity index (χ1n) is 4.90. The maximum absolute atomic E-state index is 9.85. The lowest BCUT2D eigenvalue weighted by Gasteiger charge is -2.36. The van der Waals surface area contributed by atoms with Crippen LogP contribution in [0.15, 0.2) is 24.3 Å². The minimum absolute atomic E-state index is 0.484. The van der Waals surface area contributed by atoms with Crippen molar-refractivity contribution >= 4 is 17.3 Å². The van der Waals surface area contributed by atoms with Crippen molar-refractivity contribution in [3.8, 4) is 0 Å². The molecule has 0 radical (unpaired) electrons. The fourth-order valence-corrected chi connectivity index (χ4v) is 1.82. The highest BCUT2D eigenvalue weighted by Gasteiger charge is 2.33. The normalized spacial score (nSPS) is 18.7. The van der Waals surface area contributed by atoms with Crippen molar-refractivity contribution in [2.24, 2.45) is 0 Å². The fraction of sp³-hybridized carbons (Fsp3) is 0.455. The largest absolute Gasteiger partial charge is 0.388 e. The van der Waals surface area contributed by atoms with E-state index >= 15 is 0 Å². The van der Waals surface area contributed by atoms with Gasteiger partial charge in [-0.1, -0.05) is 17.7 Å². The zero-order valence-electron chi connectivity index (χ0n) is 7.96. The highest BCUT2D eigenvalue weighted by atomic mass is 35.5. The third-order valence-corrected chi connectivity index (χ3v) is 2.97. The first-order chi connectivity index (χ1) is 6.68. The molecule has 0 unspecified atom stereocenters. The van der Waals surface area contributed by atoms with Crippen molar-refractivity contribution in [2.45, 2.75) is 24.9 Å². The molecule has 0 aromatic heterocycles. The summed E-state index contributed by atoms with van der Waals surface area (Å²) in [7, 11) is 0. The number of anilines is 1. The highest BCUT2D eigenvalue weighted by molar-refractivity contribution is 6.30. The van der Waals surface area contributed by atoms with Gasteiger partial charge in [-0.25, -0.2) is 0 Å². The maximum atomic E-state index is 9.85. The molecule has 2 N–H and O–H groups in total. The summed E-state index contributed by atoms with van der Waals surface area (Å²) in [5.41, 5.74) is 0.486. The first-order valence-corrected chi connectivity index (χ1v) is 5.28. The Balaban J connectivity index is 1.91. The van der Waals surface area contributed by atoms with Crippen LogP contribution in [0, 0.1) is 0 Å². The predicted octanol–water partition coefficient (Wildman–Crippen LogP) is 2.67. The number of rotatable bonds is 3. The van der Waals surface area contributed by atoms with Crippen LogP contribution in [0.25, 0.3) is 0 Å². The summed E-state index contributed by atoms with van der Waals surface area (Å²) in [6.07, 6.45) is 2.94. The fourth-order valence-electron chi connectivity index (χ4n) is 1.63. The maximum Gasteiger partial charge on any atom is 0.0819 e. The van der Waals surface area contributed by atoms with Crippen LogP contribution in [0.4, 0.5) is 5.69 Å². The van der Waals surface area contributed by atoms with E-state index in [0.29, 0.717) is 6.54 Å². The smallest absolute Gasteiger partial charge is 0.0819 e. The molecule has 1 aromatic carbocycles. The van der Waals surface area contributed by atoms with Crippen molar-refractivity contribution in [3.63, 3.8) is 0 Å². The molecule has 0 aliphatic heterocycles. The molecule has 0 saturated heterocycles. The third kappa shape index (κ3) is 2.20. The number of benzene rings is 1. The molecular weight excluding hydrogens is 198 g/mol. The number of hydrogen-bond acceptors (Lipinski definition) is 2. The van der Waals surface area contributed by atoms with E-state index in [1.165, 1.54) is 0 Å². The standard InChI is InChI=1S/C11H14ClNO/c12-9-3-1-4-10(7-9)13-8-11(14)5-2-6-11/h1,3-4,7,13-14H,2,5-6,8H2. The molecule has 2 nitrogen and oxygen atoms in total. The van der Waals surface area contributed by atoms with E-state index in [1.807, 2.05) is 24.3 Å². The molecule has 1 aliphatic rings. The molecule has 0 atom stereocenters. The Kier molecular flexibility index (Phi) is 2.66. The Bertz CT molecular complexity index is 323. The van der Waals surface area contributed by atoms with Crippen LogP contribution < -0.4 is 5.32 Å². The highest BCUT2D eigenvalue weighted by Crippen LogP contribution is 2.31. The summed E-state index contributed by atoms with van der Waals surface area (Å²) in [6.45, 7) is 0.618. The molecule has 1 saturated carbocycles. The van der Waals surface area contributed by atoms with E-state index in [1.54, 1.807) is 0 Å². The van der Waals surface area contributed by atoms with Gasteiger partial charge in [-0.05, 0) is 37.5 Å². The van der Waals surface area contributed by atoms with Gasteiger partial charge in [0.2, 0.25) is 0 Å². The van der Waals surface area contributed by atoms with Gasteiger partial charge in [0, 0.05) is 17.3 Å². The minimum atomic E-state index is -0.484.